The molecule has 2 aromatic carbocycles. The smallest absolute Gasteiger partial charge is 0.136 e. The first kappa shape index (κ1) is 37.6. The van der Waals surface area contributed by atoms with Crippen LogP contribution in [0.1, 0.15) is 143 Å². The van der Waals surface area contributed by atoms with Crippen molar-refractivity contribution in [3.8, 4) is 0 Å². The highest BCUT2D eigenvalue weighted by Crippen LogP contribution is 2.52. The fourth-order valence-corrected chi connectivity index (χ4v) is 9.03. The average Bonchev–Trinajstić information content (AvgIpc) is 3.25. The first-order valence-electron chi connectivity index (χ1n) is 17.1. The summed E-state index contributed by atoms with van der Waals surface area (Å²) >= 11 is 0. The van der Waals surface area contributed by atoms with Crippen LogP contribution in [0.25, 0.3) is 0 Å². The molecule has 8 nitrogen and oxygen atoms in total. The molecule has 0 spiro atoms. The van der Waals surface area contributed by atoms with Gasteiger partial charge in [0.15, 0.2) is 0 Å². The van der Waals surface area contributed by atoms with Gasteiger partial charge in [0.05, 0.1) is 22.2 Å². The second kappa shape index (κ2) is 15.2. The van der Waals surface area contributed by atoms with Crippen LogP contribution in [0.2, 0.25) is 0 Å². The normalized spacial score (nSPS) is 28.8. The van der Waals surface area contributed by atoms with Crippen LogP contribution in [0.4, 0.5) is 0 Å². The van der Waals surface area contributed by atoms with Crippen molar-refractivity contribution in [3.05, 3.63) is 59.7 Å². The minimum absolute atomic E-state index is 0.586. The Labute approximate surface area is 285 Å². The lowest BCUT2D eigenvalue weighted by atomic mass is 9.78. The summed E-state index contributed by atoms with van der Waals surface area (Å²) in [6.07, 6.45) is 9.26. The van der Waals surface area contributed by atoms with Gasteiger partial charge in [0.1, 0.15) is 12.3 Å². The Balaban J connectivity index is 1.39. The lowest BCUT2D eigenvalue weighted by Gasteiger charge is -2.41. The maximum Gasteiger partial charge on any atom is 0.136 e. The van der Waals surface area contributed by atoms with Crippen LogP contribution in [0.15, 0.2) is 58.3 Å². The van der Waals surface area contributed by atoms with Crippen LogP contribution >= 0.6 is 21.6 Å². The molecule has 0 aliphatic carbocycles. The summed E-state index contributed by atoms with van der Waals surface area (Å²) in [4.78, 5) is 2.12. The van der Waals surface area contributed by atoms with E-state index in [1.807, 2.05) is 90.1 Å². The Morgan fingerprint density at radius 1 is 0.500 bits per heavy atom. The van der Waals surface area contributed by atoms with Crippen LogP contribution in [-0.4, -0.2) is 63.2 Å². The molecule has 2 fully saturated rings. The van der Waals surface area contributed by atoms with Gasteiger partial charge in [-0.2, -0.15) is 20.3 Å². The molecule has 4 rings (SSSR count). The van der Waals surface area contributed by atoms with Crippen molar-refractivity contribution in [2.24, 2.45) is 0 Å². The van der Waals surface area contributed by atoms with Crippen LogP contribution in [0.5, 0.6) is 0 Å². The lowest BCUT2D eigenvalue weighted by molar-refractivity contribution is -0.225. The molecular formula is C36H58N4O4S2. The number of nitrogens with zero attached hydrogens (tertiary/aromatic N) is 4. The fourth-order valence-electron chi connectivity index (χ4n) is 7.10. The predicted molar refractivity (Wildman–Crippen MR) is 187 cm³/mol. The van der Waals surface area contributed by atoms with E-state index in [-0.39, 0.29) is 0 Å². The molecule has 0 amide bonds. The quantitative estimate of drug-likeness (QED) is 0.108. The Morgan fingerprint density at radius 3 is 1.13 bits per heavy atom. The Bertz CT molecular complexity index is 1170. The molecule has 4 atom stereocenters. The molecule has 10 heteroatoms. The van der Waals surface area contributed by atoms with Gasteiger partial charge < -0.3 is 20.8 Å². The van der Waals surface area contributed by atoms with E-state index in [2.05, 4.69) is 13.8 Å². The van der Waals surface area contributed by atoms with E-state index in [0.29, 0.717) is 0 Å². The molecular weight excluding hydrogens is 617 g/mol. The van der Waals surface area contributed by atoms with Crippen LogP contribution in [-0.2, 0) is 0 Å². The van der Waals surface area contributed by atoms with Crippen LogP contribution in [0.3, 0.4) is 0 Å². The van der Waals surface area contributed by atoms with E-state index in [4.69, 9.17) is 0 Å². The van der Waals surface area contributed by atoms with Gasteiger partial charge in [-0.05, 0) is 89.8 Å². The van der Waals surface area contributed by atoms with Gasteiger partial charge in [0, 0.05) is 9.79 Å². The Hall–Kier alpha value is -1.18. The van der Waals surface area contributed by atoms with Gasteiger partial charge in [-0.25, -0.2) is 0 Å². The first-order valence-corrected chi connectivity index (χ1v) is 19.3. The predicted octanol–water partition coefficient (Wildman–Crippen LogP) is 10.3. The van der Waals surface area contributed by atoms with E-state index in [1.54, 1.807) is 21.6 Å². The second-order valence-electron chi connectivity index (χ2n) is 14.7. The van der Waals surface area contributed by atoms with Crippen molar-refractivity contribution in [2.75, 3.05) is 0 Å². The molecule has 0 radical (unpaired) electrons. The minimum Gasteiger partial charge on any atom is -0.311 e. The fraction of sp³-hybridized carbons (Fsp3) is 0.667. The summed E-state index contributed by atoms with van der Waals surface area (Å²) in [5, 5.41) is 50.6. The van der Waals surface area contributed by atoms with Crippen molar-refractivity contribution < 1.29 is 20.8 Å². The molecule has 2 aliphatic heterocycles. The van der Waals surface area contributed by atoms with Crippen molar-refractivity contribution in [2.45, 2.75) is 164 Å². The lowest BCUT2D eigenvalue weighted by Crippen LogP contribution is -2.55. The number of hydroxylamine groups is 8. The molecule has 2 aliphatic rings. The maximum absolute atomic E-state index is 11.4. The van der Waals surface area contributed by atoms with E-state index in [0.717, 1.165) is 72.3 Å². The Morgan fingerprint density at radius 2 is 0.826 bits per heavy atom. The molecule has 2 heterocycles. The molecule has 4 unspecified atom stereocenters. The molecule has 4 N–H and O–H groups in total. The SMILES string of the molecule is CCCCCCC1(C)N(O)C(c2ccc(SSc3ccc(C4N(O)C(C)(C)C(C)(CCCCCC)N4O)cc3)cc2)N(O)C1(C)C. The summed E-state index contributed by atoms with van der Waals surface area (Å²) in [6.45, 7) is 16.5. The zero-order valence-electron chi connectivity index (χ0n) is 29.2. The largest absolute Gasteiger partial charge is 0.311 e. The van der Waals surface area contributed by atoms with Crippen molar-refractivity contribution >= 4 is 21.6 Å². The zero-order valence-corrected chi connectivity index (χ0v) is 30.9. The van der Waals surface area contributed by atoms with Gasteiger partial charge in [-0.3, -0.25) is 0 Å². The molecule has 0 saturated carbocycles. The molecule has 0 aromatic heterocycles. The summed E-state index contributed by atoms with van der Waals surface area (Å²) in [7, 11) is 3.28. The standard InChI is InChI=1S/C36H58N4O4S2/c1-9-11-13-15-25-35(7)33(3,4)37(41)31(39(35)43)27-17-21-29(22-18-27)45-46-30-23-19-28(20-24-30)32-38(42)34(5,6)36(8,40(32)44)26-16-14-12-10-2/h17-24,31-32,41-44H,9-16,25-26H2,1-8H3. The molecule has 0 bridgehead atoms. The van der Waals surface area contributed by atoms with Gasteiger partial charge in [-0.15, -0.1) is 0 Å². The zero-order chi connectivity index (χ0) is 33.9. The van der Waals surface area contributed by atoms with Crippen LogP contribution < -0.4 is 0 Å². The van der Waals surface area contributed by atoms with E-state index in [1.165, 1.54) is 33.1 Å². The monoisotopic (exact) mass is 674 g/mol. The molecule has 258 valence electrons. The van der Waals surface area contributed by atoms with Gasteiger partial charge in [0.2, 0.25) is 0 Å². The molecule has 2 saturated heterocycles. The van der Waals surface area contributed by atoms with Gasteiger partial charge in [0.25, 0.3) is 0 Å². The second-order valence-corrected chi connectivity index (χ2v) is 17.0. The number of unbranched alkanes of at least 4 members (excludes halogenated alkanes) is 6. The molecule has 46 heavy (non-hydrogen) atoms. The minimum atomic E-state index is -0.638. The summed E-state index contributed by atoms with van der Waals surface area (Å²) < 4.78 is 0. The van der Waals surface area contributed by atoms with Crippen molar-refractivity contribution in [1.82, 2.24) is 20.3 Å². The van der Waals surface area contributed by atoms with E-state index in [9.17, 15) is 20.8 Å². The van der Waals surface area contributed by atoms with Crippen molar-refractivity contribution in [3.63, 3.8) is 0 Å². The Kier molecular flexibility index (Phi) is 12.4. The average molecular weight is 675 g/mol. The topological polar surface area (TPSA) is 93.9 Å². The van der Waals surface area contributed by atoms with Crippen LogP contribution in [0, 0.1) is 0 Å². The maximum atomic E-state index is 11.4. The third kappa shape index (κ3) is 6.95. The summed E-state index contributed by atoms with van der Waals surface area (Å²) in [5.41, 5.74) is -0.749. The highest BCUT2D eigenvalue weighted by atomic mass is 33.1. The first-order chi connectivity index (χ1) is 21.7. The number of hydrogen-bond donors (Lipinski definition) is 4. The van der Waals surface area contributed by atoms with E-state index >= 15 is 0 Å². The third-order valence-electron chi connectivity index (χ3n) is 11.3. The number of rotatable bonds is 15. The summed E-state index contributed by atoms with van der Waals surface area (Å²) in [6, 6.07) is 16.0. The van der Waals surface area contributed by atoms with Gasteiger partial charge in [-0.1, -0.05) is 111 Å². The highest BCUT2D eigenvalue weighted by molar-refractivity contribution is 8.76. The number of benzene rings is 2. The highest BCUT2D eigenvalue weighted by Gasteiger charge is 2.61. The third-order valence-corrected chi connectivity index (χ3v) is 13.8. The van der Waals surface area contributed by atoms with Gasteiger partial charge >= 0.3 is 0 Å². The summed E-state index contributed by atoms with van der Waals surface area (Å²) in [5.74, 6) is 0. The van der Waals surface area contributed by atoms with Crippen molar-refractivity contribution in [1.29, 1.82) is 0 Å². The number of hydrogen-bond acceptors (Lipinski definition) is 10. The molecule has 2 aromatic rings. The van der Waals surface area contributed by atoms with E-state index < -0.39 is 34.5 Å².